The summed E-state index contributed by atoms with van der Waals surface area (Å²) in [5.74, 6) is 0. The Morgan fingerprint density at radius 2 is 1.79 bits per heavy atom. The molecule has 0 atom stereocenters. The van der Waals surface area contributed by atoms with Crippen molar-refractivity contribution in [2.45, 2.75) is 12.8 Å². The van der Waals surface area contributed by atoms with Crippen LogP contribution < -0.4 is 0 Å². The summed E-state index contributed by atoms with van der Waals surface area (Å²) in [6, 6.07) is 9.77. The van der Waals surface area contributed by atoms with E-state index in [0.29, 0.717) is 0 Å². The van der Waals surface area contributed by atoms with Crippen LogP contribution in [0.1, 0.15) is 12.8 Å². The predicted octanol–water partition coefficient (Wildman–Crippen LogP) is 4.00. The van der Waals surface area contributed by atoms with E-state index in [1.165, 1.54) is 0 Å². The van der Waals surface area contributed by atoms with Crippen LogP contribution >= 0.6 is 0 Å². The van der Waals surface area contributed by atoms with Gasteiger partial charge >= 0.3 is 0 Å². The summed E-state index contributed by atoms with van der Waals surface area (Å²) < 4.78 is 0. The lowest BCUT2D eigenvalue weighted by Crippen LogP contribution is -1.79. The van der Waals surface area contributed by atoms with E-state index in [2.05, 4.69) is 22.4 Å². The van der Waals surface area contributed by atoms with Gasteiger partial charge in [-0.15, -0.1) is 0 Å². The van der Waals surface area contributed by atoms with Gasteiger partial charge in [0.1, 0.15) is 0 Å². The predicted molar refractivity (Wildman–Crippen MR) is 57.4 cm³/mol. The van der Waals surface area contributed by atoms with Crippen molar-refractivity contribution in [3.05, 3.63) is 54.3 Å². The molecule has 0 heterocycles. The van der Waals surface area contributed by atoms with Gasteiger partial charge < -0.3 is 0 Å². The topological polar surface area (TPSA) is 24.7 Å². The summed E-state index contributed by atoms with van der Waals surface area (Å²) in [6.07, 6.45) is 8.42. The summed E-state index contributed by atoms with van der Waals surface area (Å²) in [7, 11) is 0. The second-order valence-electron chi connectivity index (χ2n) is 3.14. The van der Waals surface area contributed by atoms with E-state index in [4.69, 9.17) is 0 Å². The average molecular weight is 184 g/mol. The number of rotatable bonds is 2. The maximum Gasteiger partial charge on any atom is 0.0857 e. The molecule has 0 bridgehead atoms. The van der Waals surface area contributed by atoms with Gasteiger partial charge in [0, 0.05) is 0 Å². The number of nitrogens with zero attached hydrogens (tertiary/aromatic N) is 2. The molecular formula is C12H12N2. The van der Waals surface area contributed by atoms with Gasteiger partial charge in [0.15, 0.2) is 0 Å². The van der Waals surface area contributed by atoms with E-state index < -0.39 is 0 Å². The first-order chi connectivity index (χ1) is 6.95. The average Bonchev–Trinajstić information content (AvgIpc) is 2.29. The van der Waals surface area contributed by atoms with Crippen molar-refractivity contribution in [1.29, 1.82) is 0 Å². The number of hydrogen-bond donors (Lipinski definition) is 0. The standard InChI is InChI=1S/C12H12N2/c1-3-7-11(8-4-1)13-14-12-9-5-2-6-10-12/h1,3-5,7-10H,2,6H2/b14-13+. The van der Waals surface area contributed by atoms with Crippen molar-refractivity contribution in [3.63, 3.8) is 0 Å². The van der Waals surface area contributed by atoms with E-state index in [1.54, 1.807) is 0 Å². The van der Waals surface area contributed by atoms with Crippen LogP contribution in [0.2, 0.25) is 0 Å². The molecule has 1 aromatic rings. The molecule has 1 aliphatic rings. The van der Waals surface area contributed by atoms with E-state index >= 15 is 0 Å². The summed E-state index contributed by atoms with van der Waals surface area (Å²) in [6.45, 7) is 0. The highest BCUT2D eigenvalue weighted by Crippen LogP contribution is 2.15. The minimum Gasteiger partial charge on any atom is -0.151 e. The van der Waals surface area contributed by atoms with E-state index in [-0.39, 0.29) is 0 Å². The lowest BCUT2D eigenvalue weighted by Gasteiger charge is -1.98. The molecule has 0 radical (unpaired) electrons. The molecule has 2 nitrogen and oxygen atoms in total. The molecule has 0 fully saturated rings. The Labute approximate surface area is 83.7 Å². The first-order valence-electron chi connectivity index (χ1n) is 4.79. The van der Waals surface area contributed by atoms with E-state index in [9.17, 15) is 0 Å². The Morgan fingerprint density at radius 1 is 0.929 bits per heavy atom. The fraction of sp³-hybridized carbons (Fsp3) is 0.167. The third-order valence-corrected chi connectivity index (χ3v) is 2.01. The van der Waals surface area contributed by atoms with Gasteiger partial charge in [-0.1, -0.05) is 30.4 Å². The van der Waals surface area contributed by atoms with Crippen LogP contribution in [0, 0.1) is 0 Å². The highest BCUT2D eigenvalue weighted by molar-refractivity contribution is 5.35. The lowest BCUT2D eigenvalue weighted by atomic mass is 10.2. The molecule has 70 valence electrons. The van der Waals surface area contributed by atoms with Crippen molar-refractivity contribution in [1.82, 2.24) is 0 Å². The van der Waals surface area contributed by atoms with Gasteiger partial charge in [0.05, 0.1) is 11.4 Å². The highest BCUT2D eigenvalue weighted by atomic mass is 15.1. The smallest absolute Gasteiger partial charge is 0.0857 e. The van der Waals surface area contributed by atoms with Crippen LogP contribution in [0.4, 0.5) is 5.69 Å². The Kier molecular flexibility index (Phi) is 2.86. The third kappa shape index (κ3) is 2.39. The third-order valence-electron chi connectivity index (χ3n) is 2.01. The molecule has 1 aliphatic carbocycles. The van der Waals surface area contributed by atoms with Crippen LogP contribution in [-0.2, 0) is 0 Å². The zero-order valence-electron chi connectivity index (χ0n) is 7.93. The molecule has 1 aromatic carbocycles. The Morgan fingerprint density at radius 3 is 2.50 bits per heavy atom. The zero-order chi connectivity index (χ0) is 9.64. The molecule has 0 aliphatic heterocycles. The quantitative estimate of drug-likeness (QED) is 0.620. The molecule has 0 saturated carbocycles. The maximum atomic E-state index is 4.15. The highest BCUT2D eigenvalue weighted by Gasteiger charge is 1.94. The van der Waals surface area contributed by atoms with E-state index in [1.807, 2.05) is 36.4 Å². The summed E-state index contributed by atoms with van der Waals surface area (Å²) >= 11 is 0. The van der Waals surface area contributed by atoms with E-state index in [0.717, 1.165) is 24.2 Å². The molecule has 14 heavy (non-hydrogen) atoms. The second kappa shape index (κ2) is 4.51. The van der Waals surface area contributed by atoms with Crippen molar-refractivity contribution in [3.8, 4) is 0 Å². The first-order valence-corrected chi connectivity index (χ1v) is 4.79. The largest absolute Gasteiger partial charge is 0.151 e. The number of benzene rings is 1. The molecule has 0 spiro atoms. The lowest BCUT2D eigenvalue weighted by molar-refractivity contribution is 0.993. The fourth-order valence-electron chi connectivity index (χ4n) is 1.28. The molecular weight excluding hydrogens is 172 g/mol. The van der Waals surface area contributed by atoms with Crippen molar-refractivity contribution in [2.75, 3.05) is 0 Å². The van der Waals surface area contributed by atoms with Crippen LogP contribution in [0.3, 0.4) is 0 Å². The molecule has 0 amide bonds. The first kappa shape index (κ1) is 8.88. The van der Waals surface area contributed by atoms with Gasteiger partial charge in [0.2, 0.25) is 0 Å². The molecule has 0 aromatic heterocycles. The Bertz CT molecular complexity index is 375. The minimum absolute atomic E-state index is 0.896. The molecule has 2 heteroatoms. The molecule has 0 N–H and O–H groups in total. The SMILES string of the molecule is C1=CC(/N=N/c2ccccc2)=CCC1. The zero-order valence-corrected chi connectivity index (χ0v) is 7.93. The van der Waals surface area contributed by atoms with Crippen LogP contribution in [-0.4, -0.2) is 0 Å². The maximum absolute atomic E-state index is 4.15. The normalized spacial score (nSPS) is 15.9. The van der Waals surface area contributed by atoms with Gasteiger partial charge in [-0.25, -0.2) is 0 Å². The van der Waals surface area contributed by atoms with Crippen molar-refractivity contribution >= 4 is 5.69 Å². The van der Waals surface area contributed by atoms with Gasteiger partial charge in [-0.05, 0) is 31.1 Å². The van der Waals surface area contributed by atoms with Crippen LogP contribution in [0.15, 0.2) is 64.5 Å². The summed E-state index contributed by atoms with van der Waals surface area (Å²) in [4.78, 5) is 0. The van der Waals surface area contributed by atoms with Crippen LogP contribution in [0.5, 0.6) is 0 Å². The number of hydrogen-bond acceptors (Lipinski definition) is 2. The van der Waals surface area contributed by atoms with Gasteiger partial charge in [-0.2, -0.15) is 10.2 Å². The van der Waals surface area contributed by atoms with Crippen molar-refractivity contribution in [2.24, 2.45) is 10.2 Å². The minimum atomic E-state index is 0.896. The fourth-order valence-corrected chi connectivity index (χ4v) is 1.28. The van der Waals surface area contributed by atoms with Crippen LogP contribution in [0.25, 0.3) is 0 Å². The Hall–Kier alpha value is -1.70. The molecule has 0 unspecified atom stereocenters. The van der Waals surface area contributed by atoms with Gasteiger partial charge in [0.25, 0.3) is 0 Å². The molecule has 0 saturated heterocycles. The number of allylic oxidation sites excluding steroid dienone is 3. The number of azo groups is 1. The summed E-state index contributed by atoms with van der Waals surface area (Å²) in [5.41, 5.74) is 1.85. The second-order valence-corrected chi connectivity index (χ2v) is 3.14. The summed E-state index contributed by atoms with van der Waals surface area (Å²) in [5, 5.41) is 8.29. The monoisotopic (exact) mass is 184 g/mol. The van der Waals surface area contributed by atoms with Crippen molar-refractivity contribution < 1.29 is 0 Å². The Balaban J connectivity index is 2.07. The van der Waals surface area contributed by atoms with Gasteiger partial charge in [-0.3, -0.25) is 0 Å². The molecule has 2 rings (SSSR count).